The molecule has 124 valence electrons. The molecule has 25 heavy (non-hydrogen) atoms. The van der Waals surface area contributed by atoms with Gasteiger partial charge in [0.05, 0.1) is 12.0 Å². The van der Waals surface area contributed by atoms with E-state index >= 15 is 0 Å². The van der Waals surface area contributed by atoms with Gasteiger partial charge in [-0.2, -0.15) is 0 Å². The zero-order valence-electron chi connectivity index (χ0n) is 13.7. The molecule has 0 spiro atoms. The summed E-state index contributed by atoms with van der Waals surface area (Å²) in [6.45, 7) is 0.481. The molecule has 4 rings (SSSR count). The van der Waals surface area contributed by atoms with Crippen LogP contribution in [-0.2, 0) is 6.61 Å². The molecule has 1 atom stereocenters. The molecule has 0 unspecified atom stereocenters. The number of fused-ring (bicyclic) bond motifs is 1. The average Bonchev–Trinajstić information content (AvgIpc) is 2.67. The summed E-state index contributed by atoms with van der Waals surface area (Å²) in [5.41, 5.74) is 2.66. The predicted octanol–water partition coefficient (Wildman–Crippen LogP) is 4.97. The lowest BCUT2D eigenvalue weighted by Crippen LogP contribution is -2.20. The van der Waals surface area contributed by atoms with E-state index in [1.54, 1.807) is 0 Å². The normalized spacial score (nSPS) is 16.0. The third-order valence-electron chi connectivity index (χ3n) is 4.33. The maximum absolute atomic E-state index is 12.4. The Labute approximate surface area is 146 Å². The Bertz CT molecular complexity index is 887. The quantitative estimate of drug-likeness (QED) is 0.677. The lowest BCUT2D eigenvalue weighted by Gasteiger charge is -2.26. The summed E-state index contributed by atoms with van der Waals surface area (Å²) in [5, 5.41) is 0. The average molecular weight is 330 g/mol. The second kappa shape index (κ2) is 6.81. The zero-order chi connectivity index (χ0) is 17.1. The van der Waals surface area contributed by atoms with Gasteiger partial charge in [-0.1, -0.05) is 60.7 Å². The van der Waals surface area contributed by atoms with E-state index < -0.39 is 0 Å². The second-order valence-electron chi connectivity index (χ2n) is 6.04. The molecule has 3 heteroatoms. The Kier molecular flexibility index (Phi) is 4.21. The lowest BCUT2D eigenvalue weighted by atomic mass is 9.96. The summed E-state index contributed by atoms with van der Waals surface area (Å²) < 4.78 is 12.1. The van der Waals surface area contributed by atoms with Crippen LogP contribution in [0.3, 0.4) is 0 Å². The molecule has 3 nitrogen and oxygen atoms in total. The Morgan fingerprint density at radius 1 is 0.880 bits per heavy atom. The summed E-state index contributed by atoms with van der Waals surface area (Å²) in [7, 11) is 0. The smallest absolute Gasteiger partial charge is 0.170 e. The number of rotatable bonds is 4. The van der Waals surface area contributed by atoms with Crippen LogP contribution in [0.2, 0.25) is 0 Å². The monoisotopic (exact) mass is 330 g/mol. The molecule has 0 N–H and O–H groups in total. The van der Waals surface area contributed by atoms with Crippen molar-refractivity contribution < 1.29 is 14.3 Å². The van der Waals surface area contributed by atoms with Gasteiger partial charge >= 0.3 is 0 Å². The van der Waals surface area contributed by atoms with E-state index in [4.69, 9.17) is 9.47 Å². The van der Waals surface area contributed by atoms with Crippen molar-refractivity contribution in [2.75, 3.05) is 0 Å². The largest absolute Gasteiger partial charge is 0.488 e. The lowest BCUT2D eigenvalue weighted by molar-refractivity contribution is 0.0845. The van der Waals surface area contributed by atoms with Crippen LogP contribution in [0.15, 0.2) is 78.9 Å². The highest BCUT2D eigenvalue weighted by Gasteiger charge is 2.29. The molecular formula is C22H18O3. The predicted molar refractivity (Wildman–Crippen MR) is 96.0 cm³/mol. The minimum Gasteiger partial charge on any atom is -0.488 e. The van der Waals surface area contributed by atoms with Crippen molar-refractivity contribution in [3.63, 3.8) is 0 Å². The molecule has 0 aromatic heterocycles. The highest BCUT2D eigenvalue weighted by Crippen LogP contribution is 2.38. The van der Waals surface area contributed by atoms with E-state index in [0.29, 0.717) is 24.3 Å². The first-order valence-electron chi connectivity index (χ1n) is 8.36. The first-order chi connectivity index (χ1) is 12.3. The van der Waals surface area contributed by atoms with Crippen molar-refractivity contribution in [3.05, 3.63) is 95.6 Å². The molecule has 0 saturated carbocycles. The number of Topliss-reactive ketones (excluding diaryl/α,β-unsaturated/α-hetero) is 1. The molecule has 3 aromatic carbocycles. The SMILES string of the molecule is O=C1C[C@@H](c2ccccc2OCc2ccccc2)Oc2ccccc21. The van der Waals surface area contributed by atoms with Crippen LogP contribution in [0, 0.1) is 0 Å². The highest BCUT2D eigenvalue weighted by molar-refractivity contribution is 6.00. The zero-order valence-corrected chi connectivity index (χ0v) is 13.7. The van der Waals surface area contributed by atoms with Crippen LogP contribution in [0.25, 0.3) is 0 Å². The highest BCUT2D eigenvalue weighted by atomic mass is 16.5. The van der Waals surface area contributed by atoms with E-state index in [1.165, 1.54) is 0 Å². The third-order valence-corrected chi connectivity index (χ3v) is 4.33. The Morgan fingerprint density at radius 2 is 1.60 bits per heavy atom. The third kappa shape index (κ3) is 3.26. The molecule has 0 saturated heterocycles. The first kappa shape index (κ1) is 15.5. The first-order valence-corrected chi connectivity index (χ1v) is 8.36. The van der Waals surface area contributed by atoms with Crippen LogP contribution in [-0.4, -0.2) is 5.78 Å². The standard InChI is InChI=1S/C22H18O3/c23-19-14-22(25-21-13-7-4-10-17(19)21)18-11-5-6-12-20(18)24-15-16-8-2-1-3-9-16/h1-13,22H,14-15H2/t22-/m0/s1. The Hall–Kier alpha value is -3.07. The van der Waals surface area contributed by atoms with Gasteiger partial charge < -0.3 is 9.47 Å². The van der Waals surface area contributed by atoms with Crippen LogP contribution >= 0.6 is 0 Å². The van der Waals surface area contributed by atoms with Crippen molar-refractivity contribution >= 4 is 5.78 Å². The number of carbonyl (C=O) groups excluding carboxylic acids is 1. The van der Waals surface area contributed by atoms with Crippen LogP contribution in [0.1, 0.15) is 34.0 Å². The number of benzene rings is 3. The molecule has 0 amide bonds. The van der Waals surface area contributed by atoms with Crippen molar-refractivity contribution in [2.45, 2.75) is 19.1 Å². The van der Waals surface area contributed by atoms with Gasteiger partial charge in [-0.3, -0.25) is 4.79 Å². The molecule has 0 aliphatic carbocycles. The number of para-hydroxylation sites is 2. The summed E-state index contributed by atoms with van der Waals surface area (Å²) >= 11 is 0. The van der Waals surface area contributed by atoms with Gasteiger partial charge in [-0.05, 0) is 23.8 Å². The van der Waals surface area contributed by atoms with Gasteiger partial charge in [0.2, 0.25) is 0 Å². The number of ether oxygens (including phenoxy) is 2. The summed E-state index contributed by atoms with van der Waals surface area (Å²) in [5.74, 6) is 1.50. The Balaban J connectivity index is 1.58. The van der Waals surface area contributed by atoms with Crippen molar-refractivity contribution in [1.82, 2.24) is 0 Å². The second-order valence-corrected chi connectivity index (χ2v) is 6.04. The van der Waals surface area contributed by atoms with Gasteiger partial charge in [0.1, 0.15) is 24.2 Å². The molecule has 0 fully saturated rings. The van der Waals surface area contributed by atoms with Crippen molar-refractivity contribution in [1.29, 1.82) is 0 Å². The van der Waals surface area contributed by atoms with Crippen molar-refractivity contribution in [2.24, 2.45) is 0 Å². The summed E-state index contributed by atoms with van der Waals surface area (Å²) in [6.07, 6.45) is -0.00251. The van der Waals surface area contributed by atoms with E-state index in [-0.39, 0.29) is 11.9 Å². The van der Waals surface area contributed by atoms with Gasteiger partial charge in [0, 0.05) is 5.56 Å². The van der Waals surface area contributed by atoms with E-state index in [0.717, 1.165) is 16.9 Å². The molecule has 0 bridgehead atoms. The topological polar surface area (TPSA) is 35.5 Å². The van der Waals surface area contributed by atoms with Crippen LogP contribution in [0.4, 0.5) is 0 Å². The van der Waals surface area contributed by atoms with E-state index in [1.807, 2.05) is 78.9 Å². The minimum atomic E-state index is -0.325. The molecule has 3 aromatic rings. The van der Waals surface area contributed by atoms with Crippen LogP contribution in [0.5, 0.6) is 11.5 Å². The summed E-state index contributed by atoms with van der Waals surface area (Å²) in [6, 6.07) is 25.2. The number of carbonyl (C=O) groups is 1. The maximum Gasteiger partial charge on any atom is 0.170 e. The van der Waals surface area contributed by atoms with Gasteiger partial charge in [0.25, 0.3) is 0 Å². The fraction of sp³-hybridized carbons (Fsp3) is 0.136. The van der Waals surface area contributed by atoms with Gasteiger partial charge in [-0.25, -0.2) is 0 Å². The minimum absolute atomic E-state index is 0.102. The fourth-order valence-corrected chi connectivity index (χ4v) is 3.06. The van der Waals surface area contributed by atoms with Crippen LogP contribution < -0.4 is 9.47 Å². The van der Waals surface area contributed by atoms with Gasteiger partial charge in [-0.15, -0.1) is 0 Å². The maximum atomic E-state index is 12.4. The summed E-state index contributed by atoms with van der Waals surface area (Å²) in [4.78, 5) is 12.4. The molecule has 1 aliphatic rings. The molecule has 0 radical (unpaired) electrons. The van der Waals surface area contributed by atoms with E-state index in [2.05, 4.69) is 0 Å². The van der Waals surface area contributed by atoms with E-state index in [9.17, 15) is 4.79 Å². The van der Waals surface area contributed by atoms with Crippen molar-refractivity contribution in [3.8, 4) is 11.5 Å². The molecule has 1 aliphatic heterocycles. The Morgan fingerprint density at radius 3 is 2.48 bits per heavy atom. The molecule has 1 heterocycles. The number of hydrogen-bond acceptors (Lipinski definition) is 3. The molecular weight excluding hydrogens is 312 g/mol. The van der Waals surface area contributed by atoms with Gasteiger partial charge in [0.15, 0.2) is 5.78 Å². The number of ketones is 1. The number of hydrogen-bond donors (Lipinski definition) is 0. The fourth-order valence-electron chi connectivity index (χ4n) is 3.06.